The molecule has 128 valence electrons. The van der Waals surface area contributed by atoms with Crippen molar-refractivity contribution in [2.75, 3.05) is 13.2 Å². The zero-order valence-electron chi connectivity index (χ0n) is 13.3. The van der Waals surface area contributed by atoms with Crippen molar-refractivity contribution >= 4 is 6.03 Å². The summed E-state index contributed by atoms with van der Waals surface area (Å²) in [7, 11) is 0. The molecule has 1 aromatic carbocycles. The van der Waals surface area contributed by atoms with E-state index in [2.05, 4.69) is 15.6 Å². The SMILES string of the molecule is O=C(NCCn1ccnc1)N[C@H](c1ccc(F)cc1)[C@H]1CCCO1. The van der Waals surface area contributed by atoms with Crippen LogP contribution in [0.2, 0.25) is 0 Å². The number of carbonyl (C=O) groups excluding carboxylic acids is 1. The minimum absolute atomic E-state index is 0.0881. The van der Waals surface area contributed by atoms with Gasteiger partial charge in [0.15, 0.2) is 0 Å². The van der Waals surface area contributed by atoms with Gasteiger partial charge in [0.05, 0.1) is 18.5 Å². The summed E-state index contributed by atoms with van der Waals surface area (Å²) in [6.07, 6.45) is 6.99. The molecular weight excluding hydrogens is 311 g/mol. The highest BCUT2D eigenvalue weighted by molar-refractivity contribution is 5.74. The molecule has 1 aliphatic heterocycles. The lowest BCUT2D eigenvalue weighted by Crippen LogP contribution is -2.43. The van der Waals surface area contributed by atoms with Crippen molar-refractivity contribution < 1.29 is 13.9 Å². The van der Waals surface area contributed by atoms with E-state index in [1.54, 1.807) is 24.7 Å². The van der Waals surface area contributed by atoms with E-state index in [4.69, 9.17) is 4.74 Å². The first-order valence-corrected chi connectivity index (χ1v) is 8.09. The number of hydrogen-bond acceptors (Lipinski definition) is 3. The first-order valence-electron chi connectivity index (χ1n) is 8.09. The fourth-order valence-electron chi connectivity index (χ4n) is 2.84. The summed E-state index contributed by atoms with van der Waals surface area (Å²) in [4.78, 5) is 16.2. The molecule has 0 unspecified atom stereocenters. The molecule has 0 radical (unpaired) electrons. The van der Waals surface area contributed by atoms with Gasteiger partial charge in [0.25, 0.3) is 0 Å². The lowest BCUT2D eigenvalue weighted by molar-refractivity contribution is 0.0807. The number of benzene rings is 1. The predicted molar refractivity (Wildman–Crippen MR) is 86.9 cm³/mol. The normalized spacial score (nSPS) is 18.3. The Bertz CT molecular complexity index is 639. The number of carbonyl (C=O) groups is 1. The second-order valence-electron chi connectivity index (χ2n) is 5.78. The Kier molecular flexibility index (Phi) is 5.43. The summed E-state index contributed by atoms with van der Waals surface area (Å²) in [6, 6.07) is 5.62. The Balaban J connectivity index is 1.58. The van der Waals surface area contributed by atoms with Crippen LogP contribution >= 0.6 is 0 Å². The van der Waals surface area contributed by atoms with Gasteiger partial charge in [0.1, 0.15) is 5.82 Å². The zero-order chi connectivity index (χ0) is 16.8. The van der Waals surface area contributed by atoms with Gasteiger partial charge < -0.3 is 19.9 Å². The van der Waals surface area contributed by atoms with Crippen LogP contribution in [-0.2, 0) is 11.3 Å². The highest BCUT2D eigenvalue weighted by Gasteiger charge is 2.28. The minimum Gasteiger partial charge on any atom is -0.376 e. The summed E-state index contributed by atoms with van der Waals surface area (Å²) in [5, 5.41) is 5.78. The van der Waals surface area contributed by atoms with Crippen LogP contribution in [0.1, 0.15) is 24.4 Å². The summed E-state index contributed by atoms with van der Waals surface area (Å²) in [6.45, 7) is 1.82. The highest BCUT2D eigenvalue weighted by Crippen LogP contribution is 2.27. The van der Waals surface area contributed by atoms with E-state index in [9.17, 15) is 9.18 Å². The number of nitrogens with zero attached hydrogens (tertiary/aromatic N) is 2. The van der Waals surface area contributed by atoms with Gasteiger partial charge in [-0.1, -0.05) is 12.1 Å². The third-order valence-corrected chi connectivity index (χ3v) is 4.07. The summed E-state index contributed by atoms with van der Waals surface area (Å²) in [5.41, 5.74) is 0.841. The number of nitrogens with one attached hydrogen (secondary N) is 2. The van der Waals surface area contributed by atoms with Crippen LogP contribution in [0.25, 0.3) is 0 Å². The fourth-order valence-corrected chi connectivity index (χ4v) is 2.84. The maximum atomic E-state index is 13.2. The molecule has 0 bridgehead atoms. The molecule has 1 fully saturated rings. The van der Waals surface area contributed by atoms with Gasteiger partial charge in [-0.15, -0.1) is 0 Å². The van der Waals surface area contributed by atoms with Crippen molar-refractivity contribution in [1.29, 1.82) is 0 Å². The largest absolute Gasteiger partial charge is 0.376 e. The third-order valence-electron chi connectivity index (χ3n) is 4.07. The first-order chi connectivity index (χ1) is 11.7. The molecule has 0 saturated carbocycles. The van der Waals surface area contributed by atoms with Crippen molar-refractivity contribution in [1.82, 2.24) is 20.2 Å². The Morgan fingerprint density at radius 1 is 1.42 bits per heavy atom. The number of ether oxygens (including phenoxy) is 1. The molecule has 24 heavy (non-hydrogen) atoms. The van der Waals surface area contributed by atoms with Crippen LogP contribution in [0.4, 0.5) is 9.18 Å². The molecule has 1 aromatic heterocycles. The average molecular weight is 332 g/mol. The Labute approximate surface area is 140 Å². The zero-order valence-corrected chi connectivity index (χ0v) is 13.3. The predicted octanol–water partition coefficient (Wildman–Crippen LogP) is 2.24. The molecule has 2 aromatic rings. The topological polar surface area (TPSA) is 68.2 Å². The van der Waals surface area contributed by atoms with E-state index >= 15 is 0 Å². The van der Waals surface area contributed by atoms with Crippen LogP contribution in [0.3, 0.4) is 0 Å². The second-order valence-corrected chi connectivity index (χ2v) is 5.78. The Hall–Kier alpha value is -2.41. The van der Waals surface area contributed by atoms with Gasteiger partial charge in [0, 0.05) is 32.1 Å². The number of rotatable bonds is 6. The van der Waals surface area contributed by atoms with E-state index in [1.807, 2.05) is 10.8 Å². The van der Waals surface area contributed by atoms with Crippen molar-refractivity contribution in [3.8, 4) is 0 Å². The van der Waals surface area contributed by atoms with Gasteiger partial charge in [-0.25, -0.2) is 14.2 Å². The van der Waals surface area contributed by atoms with Gasteiger partial charge in [-0.05, 0) is 30.5 Å². The van der Waals surface area contributed by atoms with Crippen LogP contribution in [0.15, 0.2) is 43.0 Å². The summed E-state index contributed by atoms with van der Waals surface area (Å²) in [5.74, 6) is -0.297. The Morgan fingerprint density at radius 3 is 2.92 bits per heavy atom. The average Bonchev–Trinajstić information content (AvgIpc) is 3.27. The van der Waals surface area contributed by atoms with E-state index in [0.29, 0.717) is 19.7 Å². The Morgan fingerprint density at radius 2 is 2.25 bits per heavy atom. The van der Waals surface area contributed by atoms with Crippen molar-refractivity contribution in [3.05, 3.63) is 54.4 Å². The number of hydrogen-bond donors (Lipinski definition) is 2. The monoisotopic (exact) mass is 332 g/mol. The van der Waals surface area contributed by atoms with Gasteiger partial charge in [-0.2, -0.15) is 0 Å². The smallest absolute Gasteiger partial charge is 0.315 e. The molecule has 2 heterocycles. The van der Waals surface area contributed by atoms with Gasteiger partial charge in [0.2, 0.25) is 0 Å². The second kappa shape index (κ2) is 7.92. The molecule has 2 amide bonds. The van der Waals surface area contributed by atoms with E-state index in [0.717, 1.165) is 18.4 Å². The molecule has 0 spiro atoms. The lowest BCUT2D eigenvalue weighted by Gasteiger charge is -2.25. The van der Waals surface area contributed by atoms with Crippen LogP contribution in [0.5, 0.6) is 0 Å². The molecule has 1 aliphatic rings. The van der Waals surface area contributed by atoms with Crippen molar-refractivity contribution in [2.24, 2.45) is 0 Å². The number of aromatic nitrogens is 2. The summed E-state index contributed by atoms with van der Waals surface area (Å²) >= 11 is 0. The maximum absolute atomic E-state index is 13.2. The molecule has 2 atom stereocenters. The molecule has 1 saturated heterocycles. The fraction of sp³-hybridized carbons (Fsp3) is 0.412. The van der Waals surface area contributed by atoms with Crippen molar-refractivity contribution in [2.45, 2.75) is 31.5 Å². The molecule has 2 N–H and O–H groups in total. The number of urea groups is 1. The van der Waals surface area contributed by atoms with E-state index in [1.165, 1.54) is 12.1 Å². The third kappa shape index (κ3) is 4.32. The molecule has 6 nitrogen and oxygen atoms in total. The standard InChI is InChI=1S/C17H21FN4O2/c18-14-5-3-13(4-6-14)16(15-2-1-11-24-15)21-17(23)20-8-10-22-9-7-19-12-22/h3-7,9,12,15-16H,1-2,8,10-11H2,(H2,20,21,23)/t15-,16-/m1/s1. The molecule has 0 aliphatic carbocycles. The van der Waals surface area contributed by atoms with E-state index in [-0.39, 0.29) is 24.0 Å². The first kappa shape index (κ1) is 16.4. The highest BCUT2D eigenvalue weighted by atomic mass is 19.1. The lowest BCUT2D eigenvalue weighted by atomic mass is 9.99. The van der Waals surface area contributed by atoms with Crippen molar-refractivity contribution in [3.63, 3.8) is 0 Å². The minimum atomic E-state index is -0.297. The van der Waals surface area contributed by atoms with Crippen LogP contribution < -0.4 is 10.6 Å². The van der Waals surface area contributed by atoms with Gasteiger partial charge >= 0.3 is 6.03 Å². The quantitative estimate of drug-likeness (QED) is 0.852. The molecule has 3 rings (SSSR count). The number of amides is 2. The number of imidazole rings is 1. The van der Waals surface area contributed by atoms with E-state index < -0.39 is 0 Å². The van der Waals surface area contributed by atoms with Crippen LogP contribution in [0, 0.1) is 5.82 Å². The summed E-state index contributed by atoms with van der Waals surface area (Å²) < 4.78 is 20.8. The molecule has 7 heteroatoms. The molecular formula is C17H21FN4O2. The van der Waals surface area contributed by atoms with Gasteiger partial charge in [-0.3, -0.25) is 0 Å². The number of halogens is 1. The maximum Gasteiger partial charge on any atom is 0.315 e. The van der Waals surface area contributed by atoms with Crippen LogP contribution in [-0.4, -0.2) is 34.8 Å².